The van der Waals surface area contributed by atoms with E-state index in [9.17, 15) is 9.59 Å². The number of imide groups is 1. The highest BCUT2D eigenvalue weighted by atomic mass is 16.2. The number of carbonyl (C=O) groups is 2. The van der Waals surface area contributed by atoms with Gasteiger partial charge in [-0.2, -0.15) is 0 Å². The SMILES string of the molecule is CC1CCC2=C(CC1)C(=O)N(C)C2=O. The van der Waals surface area contributed by atoms with Crippen LogP contribution in [0, 0.1) is 5.92 Å². The molecule has 1 aliphatic heterocycles. The molecule has 0 atom stereocenters. The van der Waals surface area contributed by atoms with Gasteiger partial charge in [0.05, 0.1) is 0 Å². The normalized spacial score (nSPS) is 24.3. The summed E-state index contributed by atoms with van der Waals surface area (Å²) in [5.41, 5.74) is 1.56. The van der Waals surface area contributed by atoms with Gasteiger partial charge in [0, 0.05) is 18.2 Å². The topological polar surface area (TPSA) is 37.4 Å². The maximum Gasteiger partial charge on any atom is 0.256 e. The molecule has 0 aromatic heterocycles. The van der Waals surface area contributed by atoms with Crippen LogP contribution in [0.1, 0.15) is 32.6 Å². The molecule has 0 saturated carbocycles. The Hall–Kier alpha value is -1.12. The second kappa shape index (κ2) is 3.23. The Balaban J connectivity index is 2.30. The quantitative estimate of drug-likeness (QED) is 0.547. The molecular formula is C11H15NO2. The third-order valence-corrected chi connectivity index (χ3v) is 3.26. The van der Waals surface area contributed by atoms with Crippen LogP contribution in [0.15, 0.2) is 11.1 Å². The Morgan fingerprint density at radius 2 is 1.50 bits per heavy atom. The third kappa shape index (κ3) is 1.27. The van der Waals surface area contributed by atoms with E-state index in [-0.39, 0.29) is 11.8 Å². The third-order valence-electron chi connectivity index (χ3n) is 3.26. The second-order valence-corrected chi connectivity index (χ2v) is 4.31. The van der Waals surface area contributed by atoms with Gasteiger partial charge in [0.15, 0.2) is 0 Å². The van der Waals surface area contributed by atoms with Crippen LogP contribution in [-0.4, -0.2) is 23.8 Å². The molecule has 2 rings (SSSR count). The largest absolute Gasteiger partial charge is 0.278 e. The molecule has 0 radical (unpaired) electrons. The summed E-state index contributed by atoms with van der Waals surface area (Å²) in [6, 6.07) is 0. The van der Waals surface area contributed by atoms with Gasteiger partial charge in [-0.15, -0.1) is 0 Å². The fraction of sp³-hybridized carbons (Fsp3) is 0.636. The molecule has 1 aliphatic carbocycles. The summed E-state index contributed by atoms with van der Waals surface area (Å²) in [5.74, 6) is 0.490. The van der Waals surface area contributed by atoms with Crippen LogP contribution in [0.4, 0.5) is 0 Å². The maximum absolute atomic E-state index is 11.7. The van der Waals surface area contributed by atoms with Gasteiger partial charge in [0.1, 0.15) is 0 Å². The van der Waals surface area contributed by atoms with E-state index in [1.165, 1.54) is 4.90 Å². The fourth-order valence-electron chi connectivity index (χ4n) is 2.20. The van der Waals surface area contributed by atoms with Crippen molar-refractivity contribution >= 4 is 11.8 Å². The first-order valence-electron chi connectivity index (χ1n) is 5.15. The van der Waals surface area contributed by atoms with Gasteiger partial charge >= 0.3 is 0 Å². The minimum Gasteiger partial charge on any atom is -0.278 e. The maximum atomic E-state index is 11.7. The minimum atomic E-state index is -0.0703. The molecule has 0 bridgehead atoms. The summed E-state index contributed by atoms with van der Waals surface area (Å²) in [7, 11) is 1.57. The van der Waals surface area contributed by atoms with Crippen molar-refractivity contribution in [2.45, 2.75) is 32.6 Å². The first-order chi connectivity index (χ1) is 6.61. The first kappa shape index (κ1) is 9.44. The molecule has 3 heteroatoms. The molecule has 0 fully saturated rings. The average Bonchev–Trinajstić information content (AvgIpc) is 2.34. The second-order valence-electron chi connectivity index (χ2n) is 4.31. The molecule has 0 N–H and O–H groups in total. The molecular weight excluding hydrogens is 178 g/mol. The Kier molecular flexibility index (Phi) is 2.17. The van der Waals surface area contributed by atoms with Crippen LogP contribution < -0.4 is 0 Å². The zero-order valence-corrected chi connectivity index (χ0v) is 8.67. The lowest BCUT2D eigenvalue weighted by Gasteiger charge is -2.11. The number of carbonyl (C=O) groups excluding carboxylic acids is 2. The van der Waals surface area contributed by atoms with Gasteiger partial charge in [0.25, 0.3) is 11.8 Å². The molecule has 2 aliphatic rings. The fourth-order valence-corrected chi connectivity index (χ4v) is 2.20. The Labute approximate surface area is 83.8 Å². The van der Waals surface area contributed by atoms with Crippen molar-refractivity contribution in [2.24, 2.45) is 5.92 Å². The predicted molar refractivity (Wildman–Crippen MR) is 52.4 cm³/mol. The van der Waals surface area contributed by atoms with Crippen molar-refractivity contribution in [3.63, 3.8) is 0 Å². The van der Waals surface area contributed by atoms with Crippen LogP contribution in [0.2, 0.25) is 0 Å². The molecule has 0 spiro atoms. The van der Waals surface area contributed by atoms with Crippen molar-refractivity contribution in [3.8, 4) is 0 Å². The van der Waals surface area contributed by atoms with Crippen LogP contribution in [0.5, 0.6) is 0 Å². The number of hydrogen-bond acceptors (Lipinski definition) is 2. The number of hydrogen-bond donors (Lipinski definition) is 0. The smallest absolute Gasteiger partial charge is 0.256 e. The summed E-state index contributed by atoms with van der Waals surface area (Å²) >= 11 is 0. The summed E-state index contributed by atoms with van der Waals surface area (Å²) in [6.07, 6.45) is 3.63. The molecule has 0 saturated heterocycles. The summed E-state index contributed by atoms with van der Waals surface area (Å²) in [6.45, 7) is 2.18. The molecule has 1 heterocycles. The summed E-state index contributed by atoms with van der Waals surface area (Å²) in [5, 5.41) is 0. The lowest BCUT2D eigenvalue weighted by Crippen LogP contribution is -2.27. The zero-order chi connectivity index (χ0) is 10.3. The van der Waals surface area contributed by atoms with Gasteiger partial charge in [-0.05, 0) is 31.6 Å². The van der Waals surface area contributed by atoms with E-state index < -0.39 is 0 Å². The Bertz CT molecular complexity index is 300. The Morgan fingerprint density at radius 3 is 1.93 bits per heavy atom. The van der Waals surface area contributed by atoms with E-state index in [1.807, 2.05) is 0 Å². The highest BCUT2D eigenvalue weighted by Crippen LogP contribution is 2.33. The molecule has 2 amide bonds. The van der Waals surface area contributed by atoms with Gasteiger partial charge in [-0.25, -0.2) is 0 Å². The van der Waals surface area contributed by atoms with E-state index in [2.05, 4.69) is 6.92 Å². The molecule has 3 nitrogen and oxygen atoms in total. The van der Waals surface area contributed by atoms with Crippen LogP contribution in [0.3, 0.4) is 0 Å². The Morgan fingerprint density at radius 1 is 1.07 bits per heavy atom. The lowest BCUT2D eigenvalue weighted by atomic mass is 10.0. The highest BCUT2D eigenvalue weighted by molar-refractivity contribution is 6.19. The molecule has 0 unspecified atom stereocenters. The van der Waals surface area contributed by atoms with E-state index in [0.29, 0.717) is 5.92 Å². The summed E-state index contributed by atoms with van der Waals surface area (Å²) < 4.78 is 0. The number of rotatable bonds is 0. The van der Waals surface area contributed by atoms with E-state index in [0.717, 1.165) is 36.8 Å². The van der Waals surface area contributed by atoms with E-state index in [1.54, 1.807) is 7.05 Å². The zero-order valence-electron chi connectivity index (χ0n) is 8.67. The predicted octanol–water partition coefficient (Wildman–Crippen LogP) is 1.49. The first-order valence-corrected chi connectivity index (χ1v) is 5.15. The number of nitrogens with zero attached hydrogens (tertiary/aromatic N) is 1. The van der Waals surface area contributed by atoms with Crippen LogP contribution in [-0.2, 0) is 9.59 Å². The van der Waals surface area contributed by atoms with E-state index >= 15 is 0 Å². The standard InChI is InChI=1S/C11H15NO2/c1-7-3-5-8-9(6-4-7)11(14)12(2)10(8)13/h7H,3-6H2,1-2H3. The molecule has 0 aromatic carbocycles. The van der Waals surface area contributed by atoms with Crippen molar-refractivity contribution < 1.29 is 9.59 Å². The van der Waals surface area contributed by atoms with Gasteiger partial charge in [0.2, 0.25) is 0 Å². The van der Waals surface area contributed by atoms with Gasteiger partial charge < -0.3 is 0 Å². The molecule has 0 aromatic rings. The monoisotopic (exact) mass is 193 g/mol. The number of amides is 2. The lowest BCUT2D eigenvalue weighted by molar-refractivity contribution is -0.136. The van der Waals surface area contributed by atoms with Crippen LogP contribution >= 0.6 is 0 Å². The van der Waals surface area contributed by atoms with Crippen molar-refractivity contribution in [1.29, 1.82) is 0 Å². The summed E-state index contributed by atoms with van der Waals surface area (Å²) in [4.78, 5) is 24.6. The van der Waals surface area contributed by atoms with Gasteiger partial charge in [-0.1, -0.05) is 6.92 Å². The van der Waals surface area contributed by atoms with Crippen molar-refractivity contribution in [1.82, 2.24) is 4.90 Å². The van der Waals surface area contributed by atoms with E-state index in [4.69, 9.17) is 0 Å². The highest BCUT2D eigenvalue weighted by Gasteiger charge is 2.36. The van der Waals surface area contributed by atoms with Crippen molar-refractivity contribution in [2.75, 3.05) is 7.05 Å². The average molecular weight is 193 g/mol. The van der Waals surface area contributed by atoms with Crippen molar-refractivity contribution in [3.05, 3.63) is 11.1 Å². The van der Waals surface area contributed by atoms with Crippen LogP contribution in [0.25, 0.3) is 0 Å². The molecule has 14 heavy (non-hydrogen) atoms. The number of likely N-dealkylation sites (N-methyl/N-ethyl adjacent to an activating group) is 1. The van der Waals surface area contributed by atoms with Gasteiger partial charge in [-0.3, -0.25) is 14.5 Å². The molecule has 76 valence electrons. The minimum absolute atomic E-state index is 0.0703.